The molecule has 1 aliphatic carbocycles. The number of halogens is 1. The van der Waals surface area contributed by atoms with Gasteiger partial charge < -0.3 is 5.11 Å². The van der Waals surface area contributed by atoms with Gasteiger partial charge in [-0.25, -0.2) is 0 Å². The van der Waals surface area contributed by atoms with Crippen LogP contribution in [0.25, 0.3) is 0 Å². The average Bonchev–Trinajstić information content (AvgIpc) is 2.93. The summed E-state index contributed by atoms with van der Waals surface area (Å²) >= 11 is 5.42. The van der Waals surface area contributed by atoms with Crippen LogP contribution in [0.2, 0.25) is 0 Å². The van der Waals surface area contributed by atoms with E-state index < -0.39 is 0 Å². The molecule has 2 heteroatoms. The van der Waals surface area contributed by atoms with E-state index in [4.69, 9.17) is 16.7 Å². The summed E-state index contributed by atoms with van der Waals surface area (Å²) < 4.78 is 0. The third kappa shape index (κ3) is 9.77. The van der Waals surface area contributed by atoms with E-state index >= 15 is 0 Å². The fourth-order valence-corrected chi connectivity index (χ4v) is 4.12. The molecule has 0 saturated heterocycles. The molecule has 22 heavy (non-hydrogen) atoms. The highest BCUT2D eigenvalue weighted by molar-refractivity contribution is 6.27. The number of hydrogen-bond acceptors (Lipinski definition) is 1. The van der Waals surface area contributed by atoms with Crippen LogP contribution in [-0.2, 0) is 0 Å². The lowest BCUT2D eigenvalue weighted by Crippen LogP contribution is -2.08. The van der Waals surface area contributed by atoms with E-state index in [1.807, 2.05) is 0 Å². The zero-order chi connectivity index (χ0) is 16.0. The monoisotopic (exact) mass is 328 g/mol. The molecule has 0 aromatic carbocycles. The van der Waals surface area contributed by atoms with Crippen molar-refractivity contribution in [3.63, 3.8) is 0 Å². The van der Waals surface area contributed by atoms with Crippen molar-refractivity contribution < 1.29 is 5.11 Å². The first kappa shape index (κ1) is 19.9. The lowest BCUT2D eigenvalue weighted by molar-refractivity contribution is 0.323. The number of allylic oxidation sites excluding steroid dienone is 1. The fourth-order valence-electron chi connectivity index (χ4n) is 4.01. The highest BCUT2D eigenvalue weighted by Crippen LogP contribution is 2.38. The largest absolute Gasteiger partial charge is 0.499 e. The second-order valence-corrected chi connectivity index (χ2v) is 7.56. The Hall–Kier alpha value is -0.170. The third-order valence-corrected chi connectivity index (χ3v) is 5.49. The summed E-state index contributed by atoms with van der Waals surface area (Å²) in [6.45, 7) is 2.29. The number of rotatable bonds is 13. The molecule has 1 saturated carbocycles. The zero-order valence-electron chi connectivity index (χ0n) is 14.7. The van der Waals surface area contributed by atoms with E-state index in [0.717, 1.165) is 24.7 Å². The van der Waals surface area contributed by atoms with Crippen LogP contribution in [0, 0.1) is 11.8 Å². The second kappa shape index (κ2) is 13.3. The van der Waals surface area contributed by atoms with Gasteiger partial charge in [-0.2, -0.15) is 0 Å². The summed E-state index contributed by atoms with van der Waals surface area (Å²) in [5, 5.41) is 8.85. The van der Waals surface area contributed by atoms with E-state index in [1.165, 1.54) is 83.5 Å². The molecule has 1 rings (SSSR count). The van der Waals surface area contributed by atoms with Crippen molar-refractivity contribution in [2.24, 2.45) is 11.8 Å². The number of aliphatic hydroxyl groups is 1. The van der Waals surface area contributed by atoms with Gasteiger partial charge in [-0.3, -0.25) is 0 Å². The summed E-state index contributed by atoms with van der Waals surface area (Å²) in [5.74, 6) is 2.03. The van der Waals surface area contributed by atoms with Gasteiger partial charge in [0.2, 0.25) is 0 Å². The Morgan fingerprint density at radius 1 is 0.909 bits per heavy atom. The van der Waals surface area contributed by atoms with E-state index in [9.17, 15) is 0 Å². The molecule has 1 fully saturated rings. The van der Waals surface area contributed by atoms with Gasteiger partial charge in [-0.1, -0.05) is 90.4 Å². The molecule has 2 atom stereocenters. The molecule has 0 bridgehead atoms. The molecule has 130 valence electrons. The van der Waals surface area contributed by atoms with Crippen LogP contribution in [0.5, 0.6) is 0 Å². The summed E-state index contributed by atoms with van der Waals surface area (Å²) in [4.78, 5) is 0. The Balaban J connectivity index is 2.01. The van der Waals surface area contributed by atoms with Crippen LogP contribution in [-0.4, -0.2) is 5.11 Å². The Morgan fingerprint density at radius 2 is 1.45 bits per heavy atom. The van der Waals surface area contributed by atoms with Gasteiger partial charge in [-0.15, -0.1) is 0 Å². The van der Waals surface area contributed by atoms with Crippen LogP contribution in [0.4, 0.5) is 0 Å². The standard InChI is InChI=1S/C20H37ClO/c1-2-3-4-5-6-9-13-18-15-12-16-19(18)14-10-7-8-11-17-20(21)22/h17-19,22H,2-16H2,1H3/b20-17+/t18-,19-/m0/s1. The van der Waals surface area contributed by atoms with E-state index in [-0.39, 0.29) is 5.22 Å². The molecule has 0 heterocycles. The lowest BCUT2D eigenvalue weighted by atomic mass is 9.87. The maximum atomic E-state index is 8.89. The highest BCUT2D eigenvalue weighted by atomic mass is 35.5. The predicted octanol–water partition coefficient (Wildman–Crippen LogP) is 7.74. The molecule has 1 nitrogen and oxygen atoms in total. The Morgan fingerprint density at radius 3 is 2.05 bits per heavy atom. The van der Waals surface area contributed by atoms with Crippen molar-refractivity contribution >= 4 is 11.6 Å². The van der Waals surface area contributed by atoms with Crippen LogP contribution >= 0.6 is 11.6 Å². The fraction of sp³-hybridized carbons (Fsp3) is 0.900. The van der Waals surface area contributed by atoms with Gasteiger partial charge in [0.25, 0.3) is 0 Å². The van der Waals surface area contributed by atoms with Crippen LogP contribution < -0.4 is 0 Å². The molecule has 0 unspecified atom stereocenters. The van der Waals surface area contributed by atoms with Crippen molar-refractivity contribution in [3.05, 3.63) is 11.3 Å². The highest BCUT2D eigenvalue weighted by Gasteiger charge is 2.25. The van der Waals surface area contributed by atoms with Crippen molar-refractivity contribution in [1.82, 2.24) is 0 Å². The molecule has 0 aliphatic heterocycles. The van der Waals surface area contributed by atoms with Gasteiger partial charge in [0, 0.05) is 0 Å². The predicted molar refractivity (Wildman–Crippen MR) is 98.5 cm³/mol. The van der Waals surface area contributed by atoms with Gasteiger partial charge in [-0.05, 0) is 42.4 Å². The average molecular weight is 329 g/mol. The molecule has 1 N–H and O–H groups in total. The van der Waals surface area contributed by atoms with Crippen molar-refractivity contribution in [2.45, 2.75) is 103 Å². The first-order valence-corrected chi connectivity index (χ1v) is 10.2. The maximum Gasteiger partial charge on any atom is 0.180 e. The molecule has 0 aromatic heterocycles. The Kier molecular flexibility index (Phi) is 12.0. The minimum Gasteiger partial charge on any atom is -0.499 e. The Bertz CT molecular complexity index is 283. The van der Waals surface area contributed by atoms with Crippen LogP contribution in [0.15, 0.2) is 11.3 Å². The Labute approximate surface area is 143 Å². The van der Waals surface area contributed by atoms with Gasteiger partial charge in [0.1, 0.15) is 0 Å². The summed E-state index contributed by atoms with van der Waals surface area (Å²) in [6.07, 6.45) is 22.4. The molecular weight excluding hydrogens is 292 g/mol. The molecule has 0 amide bonds. The molecule has 1 aliphatic rings. The summed E-state index contributed by atoms with van der Waals surface area (Å²) in [6, 6.07) is 0. The SMILES string of the molecule is CCCCCCCC[C@H]1CCC[C@@H]1CCCCC/C=C(/O)Cl. The molecule has 0 spiro atoms. The van der Waals surface area contributed by atoms with Crippen molar-refractivity contribution in [2.75, 3.05) is 0 Å². The quantitative estimate of drug-likeness (QED) is 0.271. The normalized spacial score (nSPS) is 22.4. The molecule has 0 aromatic rings. The van der Waals surface area contributed by atoms with E-state index in [1.54, 1.807) is 6.08 Å². The maximum absolute atomic E-state index is 8.89. The van der Waals surface area contributed by atoms with Gasteiger partial charge in [0.05, 0.1) is 0 Å². The van der Waals surface area contributed by atoms with Crippen LogP contribution in [0.3, 0.4) is 0 Å². The molecule has 0 radical (unpaired) electrons. The topological polar surface area (TPSA) is 20.2 Å². The first-order valence-electron chi connectivity index (χ1n) is 9.78. The van der Waals surface area contributed by atoms with Gasteiger partial charge in [0.15, 0.2) is 5.22 Å². The van der Waals surface area contributed by atoms with Gasteiger partial charge >= 0.3 is 0 Å². The van der Waals surface area contributed by atoms with E-state index in [0.29, 0.717) is 0 Å². The summed E-state index contributed by atoms with van der Waals surface area (Å²) in [7, 11) is 0. The zero-order valence-corrected chi connectivity index (χ0v) is 15.4. The smallest absolute Gasteiger partial charge is 0.180 e. The number of unbranched alkanes of at least 4 members (excludes halogenated alkanes) is 8. The molecular formula is C20H37ClO. The first-order chi connectivity index (χ1) is 10.7. The van der Waals surface area contributed by atoms with E-state index in [2.05, 4.69) is 6.92 Å². The summed E-state index contributed by atoms with van der Waals surface area (Å²) in [5.41, 5.74) is 0. The minimum absolute atomic E-state index is 0.0465. The number of hydrogen-bond donors (Lipinski definition) is 1. The second-order valence-electron chi connectivity index (χ2n) is 7.17. The van der Waals surface area contributed by atoms with Crippen molar-refractivity contribution in [3.8, 4) is 0 Å². The third-order valence-electron chi connectivity index (χ3n) is 5.34. The minimum atomic E-state index is -0.0465. The lowest BCUT2D eigenvalue weighted by Gasteiger charge is -2.19. The van der Waals surface area contributed by atoms with Crippen molar-refractivity contribution in [1.29, 1.82) is 0 Å². The number of aliphatic hydroxyl groups excluding tert-OH is 1. The van der Waals surface area contributed by atoms with Crippen LogP contribution in [0.1, 0.15) is 103 Å².